The van der Waals surface area contributed by atoms with Gasteiger partial charge in [-0.1, -0.05) is 24.6 Å². The molecule has 3 heteroatoms. The molecule has 0 bridgehead atoms. The lowest BCUT2D eigenvalue weighted by Gasteiger charge is -2.45. The Bertz CT molecular complexity index is 201. The van der Waals surface area contributed by atoms with Crippen LogP contribution in [0.25, 0.3) is 0 Å². The minimum Gasteiger partial charge on any atom is -0.311 e. The van der Waals surface area contributed by atoms with Crippen molar-refractivity contribution in [3.8, 4) is 0 Å². The molecular formula is C11H21ClN2. The summed E-state index contributed by atoms with van der Waals surface area (Å²) in [4.78, 5) is 2.48. The van der Waals surface area contributed by atoms with Crippen molar-refractivity contribution in [2.45, 2.75) is 38.8 Å². The first-order chi connectivity index (χ1) is 6.60. The van der Waals surface area contributed by atoms with Gasteiger partial charge in [-0.2, -0.15) is 0 Å². The molecular weight excluding hydrogens is 196 g/mol. The first-order valence-electron chi connectivity index (χ1n) is 5.34. The van der Waals surface area contributed by atoms with Gasteiger partial charge in [-0.25, -0.2) is 0 Å². The van der Waals surface area contributed by atoms with Crippen LogP contribution in [0.15, 0.2) is 11.6 Å². The molecule has 1 atom stereocenters. The van der Waals surface area contributed by atoms with E-state index in [0.29, 0.717) is 6.04 Å². The van der Waals surface area contributed by atoms with Gasteiger partial charge in [-0.05, 0) is 20.3 Å². The Balaban J connectivity index is 2.56. The Morgan fingerprint density at radius 2 is 2.29 bits per heavy atom. The van der Waals surface area contributed by atoms with Gasteiger partial charge in [0.2, 0.25) is 0 Å². The molecule has 0 aliphatic carbocycles. The van der Waals surface area contributed by atoms with E-state index in [2.05, 4.69) is 31.0 Å². The Kier molecular flexibility index (Phi) is 4.42. The molecule has 0 aromatic carbocycles. The van der Waals surface area contributed by atoms with Gasteiger partial charge in [0.05, 0.1) is 0 Å². The van der Waals surface area contributed by atoms with E-state index in [9.17, 15) is 0 Å². The van der Waals surface area contributed by atoms with Crippen molar-refractivity contribution in [2.75, 3.05) is 19.6 Å². The fourth-order valence-corrected chi connectivity index (χ4v) is 1.93. The predicted octanol–water partition coefficient (Wildman–Crippen LogP) is 2.20. The summed E-state index contributed by atoms with van der Waals surface area (Å²) in [6.45, 7) is 9.90. The lowest BCUT2D eigenvalue weighted by molar-refractivity contribution is 0.0775. The zero-order chi connectivity index (χ0) is 10.6. The highest BCUT2D eigenvalue weighted by Gasteiger charge is 2.32. The molecule has 0 spiro atoms. The van der Waals surface area contributed by atoms with E-state index in [1.165, 1.54) is 6.42 Å². The minimum absolute atomic E-state index is 0.238. The molecule has 1 aliphatic heterocycles. The fourth-order valence-electron chi connectivity index (χ4n) is 1.85. The number of hydrogen-bond acceptors (Lipinski definition) is 2. The zero-order valence-electron chi connectivity index (χ0n) is 9.39. The Morgan fingerprint density at radius 1 is 1.57 bits per heavy atom. The van der Waals surface area contributed by atoms with E-state index in [-0.39, 0.29) is 5.54 Å². The molecule has 0 aromatic rings. The van der Waals surface area contributed by atoms with Crippen LogP contribution in [-0.4, -0.2) is 36.1 Å². The van der Waals surface area contributed by atoms with Gasteiger partial charge in [0, 0.05) is 36.8 Å². The van der Waals surface area contributed by atoms with E-state index in [0.717, 1.165) is 19.6 Å². The topological polar surface area (TPSA) is 15.3 Å². The lowest BCUT2D eigenvalue weighted by Crippen LogP contribution is -2.61. The van der Waals surface area contributed by atoms with Crippen LogP contribution in [0.3, 0.4) is 0 Å². The monoisotopic (exact) mass is 216 g/mol. The molecule has 82 valence electrons. The van der Waals surface area contributed by atoms with Crippen LogP contribution in [0.2, 0.25) is 0 Å². The maximum Gasteiger partial charge on any atom is 0.0281 e. The van der Waals surface area contributed by atoms with E-state index in [1.54, 1.807) is 5.54 Å². The van der Waals surface area contributed by atoms with Gasteiger partial charge in [0.15, 0.2) is 0 Å². The van der Waals surface area contributed by atoms with Crippen LogP contribution >= 0.6 is 11.6 Å². The second-order valence-electron chi connectivity index (χ2n) is 4.57. The molecule has 1 unspecified atom stereocenters. The van der Waals surface area contributed by atoms with Gasteiger partial charge < -0.3 is 5.32 Å². The van der Waals surface area contributed by atoms with Gasteiger partial charge >= 0.3 is 0 Å². The number of nitrogens with one attached hydrogen (secondary N) is 1. The van der Waals surface area contributed by atoms with Crippen molar-refractivity contribution < 1.29 is 0 Å². The van der Waals surface area contributed by atoms with Crippen LogP contribution in [0, 0.1) is 0 Å². The first kappa shape index (κ1) is 12.0. The number of halogens is 1. The second kappa shape index (κ2) is 5.15. The Morgan fingerprint density at radius 3 is 2.86 bits per heavy atom. The maximum atomic E-state index is 5.56. The smallest absolute Gasteiger partial charge is 0.0281 e. The third-order valence-corrected chi connectivity index (χ3v) is 3.21. The molecule has 0 saturated carbocycles. The third-order valence-electron chi connectivity index (χ3n) is 3.03. The lowest BCUT2D eigenvalue weighted by atomic mass is 9.96. The van der Waals surface area contributed by atoms with Crippen molar-refractivity contribution in [1.82, 2.24) is 10.2 Å². The highest BCUT2D eigenvalue weighted by molar-refractivity contribution is 6.25. The molecule has 0 amide bonds. The summed E-state index contributed by atoms with van der Waals surface area (Å²) in [6.07, 6.45) is 3.21. The van der Waals surface area contributed by atoms with Crippen LogP contribution in [-0.2, 0) is 0 Å². The van der Waals surface area contributed by atoms with Crippen LogP contribution in [0.1, 0.15) is 27.2 Å². The van der Waals surface area contributed by atoms with Gasteiger partial charge in [-0.3, -0.25) is 4.90 Å². The average molecular weight is 217 g/mol. The highest BCUT2D eigenvalue weighted by atomic mass is 35.5. The maximum absolute atomic E-state index is 5.56. The van der Waals surface area contributed by atoms with E-state index in [4.69, 9.17) is 11.6 Å². The van der Waals surface area contributed by atoms with Crippen LogP contribution in [0.4, 0.5) is 0 Å². The predicted molar refractivity (Wildman–Crippen MR) is 62.7 cm³/mol. The molecule has 1 rings (SSSR count). The molecule has 1 saturated heterocycles. The van der Waals surface area contributed by atoms with Gasteiger partial charge in [0.1, 0.15) is 0 Å². The van der Waals surface area contributed by atoms with Crippen LogP contribution in [0.5, 0.6) is 0 Å². The summed E-state index contributed by atoms with van der Waals surface area (Å²) in [5.74, 6) is 0. The largest absolute Gasteiger partial charge is 0.311 e. The fraction of sp³-hybridized carbons (Fsp3) is 0.818. The normalized spacial score (nSPS) is 28.4. The number of rotatable bonds is 3. The van der Waals surface area contributed by atoms with Crippen molar-refractivity contribution in [3.63, 3.8) is 0 Å². The molecule has 14 heavy (non-hydrogen) atoms. The quantitative estimate of drug-likeness (QED) is 0.778. The molecule has 1 N–H and O–H groups in total. The number of hydrogen-bond donors (Lipinski definition) is 1. The molecule has 2 nitrogen and oxygen atoms in total. The molecule has 1 heterocycles. The molecule has 1 aliphatic rings. The van der Waals surface area contributed by atoms with Gasteiger partial charge in [-0.15, -0.1) is 0 Å². The third kappa shape index (κ3) is 2.97. The van der Waals surface area contributed by atoms with Crippen molar-refractivity contribution in [2.24, 2.45) is 0 Å². The van der Waals surface area contributed by atoms with Crippen LogP contribution < -0.4 is 5.32 Å². The van der Waals surface area contributed by atoms with Gasteiger partial charge in [0.25, 0.3) is 0 Å². The summed E-state index contributed by atoms with van der Waals surface area (Å²) >= 11 is 5.56. The molecule has 0 radical (unpaired) electrons. The SMILES string of the molecule is CCC1CN(C/C=C/Cl)C(C)(C)CN1. The molecule has 1 fully saturated rings. The number of nitrogens with zero attached hydrogens (tertiary/aromatic N) is 1. The molecule has 0 aromatic heterocycles. The van der Waals surface area contributed by atoms with E-state index >= 15 is 0 Å². The first-order valence-corrected chi connectivity index (χ1v) is 5.77. The Hall–Kier alpha value is -0.0500. The standard InChI is InChI=1S/C11H21ClN2/c1-4-10-8-14(7-5-6-12)11(2,3)9-13-10/h5-6,10,13H,4,7-9H2,1-3H3/b6-5+. The second-order valence-corrected chi connectivity index (χ2v) is 4.82. The zero-order valence-corrected chi connectivity index (χ0v) is 10.1. The summed E-state index contributed by atoms with van der Waals surface area (Å²) < 4.78 is 0. The summed E-state index contributed by atoms with van der Waals surface area (Å²) in [5.41, 5.74) is 1.85. The summed E-state index contributed by atoms with van der Waals surface area (Å²) in [7, 11) is 0. The van der Waals surface area contributed by atoms with Crippen molar-refractivity contribution >= 4 is 11.6 Å². The summed E-state index contributed by atoms with van der Waals surface area (Å²) in [6, 6.07) is 0.631. The minimum atomic E-state index is 0.238. The Labute approximate surface area is 92.3 Å². The number of piperazine rings is 1. The van der Waals surface area contributed by atoms with E-state index in [1.807, 2.05) is 6.08 Å². The summed E-state index contributed by atoms with van der Waals surface area (Å²) in [5, 5.41) is 3.57. The highest BCUT2D eigenvalue weighted by Crippen LogP contribution is 2.19. The van der Waals surface area contributed by atoms with Crippen molar-refractivity contribution in [1.29, 1.82) is 0 Å². The van der Waals surface area contributed by atoms with Crippen molar-refractivity contribution in [3.05, 3.63) is 11.6 Å². The average Bonchev–Trinajstić information content (AvgIpc) is 2.16. The van der Waals surface area contributed by atoms with E-state index < -0.39 is 0 Å².